The number of hydrogen-bond donors (Lipinski definition) is 0. The van der Waals surface area contributed by atoms with Crippen molar-refractivity contribution < 1.29 is 13.9 Å². The normalized spacial score (nSPS) is 10.5. The third-order valence-corrected chi connectivity index (χ3v) is 2.44. The predicted octanol–water partition coefficient (Wildman–Crippen LogP) is 3.24. The van der Waals surface area contributed by atoms with Crippen LogP contribution in [0.4, 0.5) is 4.39 Å². The fraction of sp³-hybridized carbons (Fsp3) is 0.200. The van der Waals surface area contributed by atoms with E-state index in [1.54, 1.807) is 24.3 Å². The highest BCUT2D eigenvalue weighted by Gasteiger charge is 2.11. The number of aromatic nitrogens is 1. The summed E-state index contributed by atoms with van der Waals surface area (Å²) in [6.45, 7) is 3.82. The first-order chi connectivity index (χ1) is 9.06. The molecule has 0 amide bonds. The summed E-state index contributed by atoms with van der Waals surface area (Å²) in [4.78, 5) is 15.8. The smallest absolute Gasteiger partial charge is 0.194 e. The zero-order valence-electron chi connectivity index (χ0n) is 10.8. The van der Waals surface area contributed by atoms with Gasteiger partial charge >= 0.3 is 0 Å². The minimum Gasteiger partial charge on any atom is -0.491 e. The summed E-state index contributed by atoms with van der Waals surface area (Å²) in [5, 5.41) is 0. The van der Waals surface area contributed by atoms with E-state index >= 15 is 0 Å². The molecule has 98 valence electrons. The quantitative estimate of drug-likeness (QED) is 0.791. The SMILES string of the molecule is CC(C)Oc1cccc(C(=O)c2cncc(F)c2)c1. The van der Waals surface area contributed by atoms with Crippen LogP contribution in [-0.2, 0) is 0 Å². The molecule has 0 unspecified atom stereocenters. The molecular formula is C15H14FNO2. The average molecular weight is 259 g/mol. The maximum absolute atomic E-state index is 13.1. The third-order valence-electron chi connectivity index (χ3n) is 2.44. The Hall–Kier alpha value is -2.23. The molecule has 2 aromatic rings. The number of pyridine rings is 1. The Morgan fingerprint density at radius 2 is 2.00 bits per heavy atom. The van der Waals surface area contributed by atoms with Crippen LogP contribution in [0.1, 0.15) is 29.8 Å². The van der Waals surface area contributed by atoms with Crippen LogP contribution in [0.5, 0.6) is 5.75 Å². The number of ether oxygens (including phenoxy) is 1. The van der Waals surface area contributed by atoms with Crippen molar-refractivity contribution in [1.29, 1.82) is 0 Å². The molecule has 0 spiro atoms. The summed E-state index contributed by atoms with van der Waals surface area (Å²) >= 11 is 0. The number of carbonyl (C=O) groups is 1. The van der Waals surface area contributed by atoms with Crippen LogP contribution in [0.25, 0.3) is 0 Å². The van der Waals surface area contributed by atoms with Crippen molar-refractivity contribution in [3.05, 3.63) is 59.7 Å². The van der Waals surface area contributed by atoms with Gasteiger partial charge in [-0.3, -0.25) is 9.78 Å². The van der Waals surface area contributed by atoms with Crippen LogP contribution < -0.4 is 4.74 Å². The molecule has 19 heavy (non-hydrogen) atoms. The number of ketones is 1. The maximum atomic E-state index is 13.1. The van der Waals surface area contributed by atoms with Crippen molar-refractivity contribution in [2.75, 3.05) is 0 Å². The Morgan fingerprint density at radius 3 is 2.68 bits per heavy atom. The molecule has 4 heteroatoms. The van der Waals surface area contributed by atoms with Gasteiger partial charge in [-0.15, -0.1) is 0 Å². The summed E-state index contributed by atoms with van der Waals surface area (Å²) in [7, 11) is 0. The Bertz CT molecular complexity index is 596. The summed E-state index contributed by atoms with van der Waals surface area (Å²) < 4.78 is 18.6. The molecular weight excluding hydrogens is 245 g/mol. The maximum Gasteiger partial charge on any atom is 0.194 e. The van der Waals surface area contributed by atoms with Gasteiger partial charge in [-0.25, -0.2) is 4.39 Å². The van der Waals surface area contributed by atoms with Crippen LogP contribution in [0.3, 0.4) is 0 Å². The molecule has 0 saturated heterocycles. The first kappa shape index (κ1) is 13.2. The molecule has 1 aromatic heterocycles. The Kier molecular flexibility index (Phi) is 3.90. The third kappa shape index (κ3) is 3.37. The lowest BCUT2D eigenvalue weighted by molar-refractivity contribution is 0.103. The van der Waals surface area contributed by atoms with E-state index in [0.717, 1.165) is 6.20 Å². The first-order valence-corrected chi connectivity index (χ1v) is 5.98. The monoisotopic (exact) mass is 259 g/mol. The molecule has 0 aliphatic rings. The summed E-state index contributed by atoms with van der Waals surface area (Å²) in [6, 6.07) is 8.00. The highest BCUT2D eigenvalue weighted by Crippen LogP contribution is 2.17. The van der Waals surface area contributed by atoms with Gasteiger partial charge in [0.25, 0.3) is 0 Å². The van der Waals surface area contributed by atoms with Crippen LogP contribution in [0, 0.1) is 5.82 Å². The van der Waals surface area contributed by atoms with Crippen molar-refractivity contribution in [3.63, 3.8) is 0 Å². The van der Waals surface area contributed by atoms with Gasteiger partial charge in [0.2, 0.25) is 0 Å². The molecule has 2 rings (SSSR count). The second-order valence-electron chi connectivity index (χ2n) is 4.42. The second-order valence-corrected chi connectivity index (χ2v) is 4.42. The molecule has 1 heterocycles. The number of benzene rings is 1. The summed E-state index contributed by atoms with van der Waals surface area (Å²) in [5.74, 6) is -0.188. The number of rotatable bonds is 4. The van der Waals surface area contributed by atoms with Crippen LogP contribution in [-0.4, -0.2) is 16.9 Å². The van der Waals surface area contributed by atoms with Crippen LogP contribution in [0.2, 0.25) is 0 Å². The lowest BCUT2D eigenvalue weighted by Gasteiger charge is -2.10. The molecule has 0 fully saturated rings. The molecule has 0 saturated carbocycles. The molecule has 0 N–H and O–H groups in total. The van der Waals surface area contributed by atoms with Crippen molar-refractivity contribution in [2.45, 2.75) is 20.0 Å². The zero-order valence-corrected chi connectivity index (χ0v) is 10.8. The Balaban J connectivity index is 2.29. The minimum absolute atomic E-state index is 0.0289. The van der Waals surface area contributed by atoms with E-state index in [1.807, 2.05) is 13.8 Å². The van der Waals surface area contributed by atoms with E-state index in [-0.39, 0.29) is 17.5 Å². The van der Waals surface area contributed by atoms with Gasteiger partial charge in [-0.05, 0) is 32.0 Å². The molecule has 0 aliphatic carbocycles. The standard InChI is InChI=1S/C15H14FNO2/c1-10(2)19-14-5-3-4-11(7-14)15(18)12-6-13(16)9-17-8-12/h3-10H,1-2H3. The van der Waals surface area contributed by atoms with Gasteiger partial charge in [0, 0.05) is 17.3 Å². The zero-order chi connectivity index (χ0) is 13.8. The summed E-state index contributed by atoms with van der Waals surface area (Å²) in [5.41, 5.74) is 0.673. The summed E-state index contributed by atoms with van der Waals surface area (Å²) in [6.07, 6.45) is 2.44. The van der Waals surface area contributed by atoms with Crippen LogP contribution in [0.15, 0.2) is 42.7 Å². The lowest BCUT2D eigenvalue weighted by atomic mass is 10.0. The largest absolute Gasteiger partial charge is 0.491 e. The van der Waals surface area contributed by atoms with Gasteiger partial charge in [-0.1, -0.05) is 12.1 Å². The number of halogens is 1. The van der Waals surface area contributed by atoms with Crippen molar-refractivity contribution in [3.8, 4) is 5.75 Å². The van der Waals surface area contributed by atoms with E-state index < -0.39 is 5.82 Å². The van der Waals surface area contributed by atoms with Gasteiger partial charge in [0.05, 0.1) is 12.3 Å². The van der Waals surface area contributed by atoms with E-state index in [0.29, 0.717) is 11.3 Å². The van der Waals surface area contributed by atoms with Crippen LogP contribution >= 0.6 is 0 Å². The van der Waals surface area contributed by atoms with Gasteiger partial charge in [0.1, 0.15) is 11.6 Å². The van der Waals surface area contributed by atoms with E-state index in [4.69, 9.17) is 4.74 Å². The van der Waals surface area contributed by atoms with Crippen molar-refractivity contribution in [2.24, 2.45) is 0 Å². The Morgan fingerprint density at radius 1 is 1.21 bits per heavy atom. The fourth-order valence-corrected chi connectivity index (χ4v) is 1.69. The molecule has 0 bridgehead atoms. The topological polar surface area (TPSA) is 39.2 Å². The predicted molar refractivity (Wildman–Crippen MR) is 69.8 cm³/mol. The van der Waals surface area contributed by atoms with E-state index in [2.05, 4.69) is 4.98 Å². The molecule has 0 atom stereocenters. The molecule has 0 aliphatic heterocycles. The first-order valence-electron chi connectivity index (χ1n) is 5.98. The Labute approximate surface area is 111 Å². The number of nitrogens with zero attached hydrogens (tertiary/aromatic N) is 1. The second kappa shape index (κ2) is 5.61. The van der Waals surface area contributed by atoms with Gasteiger partial charge in [0.15, 0.2) is 5.78 Å². The average Bonchev–Trinajstić information content (AvgIpc) is 2.37. The van der Waals surface area contributed by atoms with E-state index in [1.165, 1.54) is 12.3 Å². The molecule has 0 radical (unpaired) electrons. The molecule has 1 aromatic carbocycles. The fourth-order valence-electron chi connectivity index (χ4n) is 1.69. The minimum atomic E-state index is -0.527. The van der Waals surface area contributed by atoms with Gasteiger partial charge < -0.3 is 4.74 Å². The highest BCUT2D eigenvalue weighted by molar-refractivity contribution is 6.08. The number of carbonyl (C=O) groups excluding carboxylic acids is 1. The van der Waals surface area contributed by atoms with Gasteiger partial charge in [-0.2, -0.15) is 0 Å². The molecule has 3 nitrogen and oxygen atoms in total. The lowest BCUT2D eigenvalue weighted by Crippen LogP contribution is -2.07. The van der Waals surface area contributed by atoms with Crippen molar-refractivity contribution >= 4 is 5.78 Å². The van der Waals surface area contributed by atoms with Crippen molar-refractivity contribution in [1.82, 2.24) is 4.98 Å². The number of hydrogen-bond acceptors (Lipinski definition) is 3. The van der Waals surface area contributed by atoms with E-state index in [9.17, 15) is 9.18 Å². The highest BCUT2D eigenvalue weighted by atomic mass is 19.1.